The molecule has 10 heteroatoms. The van der Waals surface area contributed by atoms with Gasteiger partial charge in [-0.2, -0.15) is 18.2 Å². The molecule has 7 nitrogen and oxygen atoms in total. The number of ether oxygens (including phenoxy) is 1. The lowest BCUT2D eigenvalue weighted by Crippen LogP contribution is -2.65. The second kappa shape index (κ2) is 10.7. The van der Waals surface area contributed by atoms with Gasteiger partial charge < -0.3 is 4.74 Å². The Morgan fingerprint density at radius 1 is 0.846 bits per heavy atom. The molecule has 6 rings (SSSR count). The zero-order valence-electron chi connectivity index (χ0n) is 20.5. The molecule has 0 spiro atoms. The number of rotatable bonds is 5. The van der Waals surface area contributed by atoms with Crippen molar-refractivity contribution in [3.8, 4) is 0 Å². The van der Waals surface area contributed by atoms with Gasteiger partial charge in [0.05, 0.1) is 18.0 Å². The first kappa shape index (κ1) is 26.2. The van der Waals surface area contributed by atoms with Crippen LogP contribution >= 0.6 is 0 Å². The van der Waals surface area contributed by atoms with Gasteiger partial charge in [-0.15, -0.1) is 0 Å². The van der Waals surface area contributed by atoms with Crippen molar-refractivity contribution in [2.75, 3.05) is 0 Å². The molecular formula is C29H23F3N2O5. The summed E-state index contributed by atoms with van der Waals surface area (Å²) in [6.07, 6.45) is -3.79. The van der Waals surface area contributed by atoms with Crippen molar-refractivity contribution in [2.24, 2.45) is 0 Å². The molecule has 2 amide bonds. The number of halogens is 3. The standard InChI is InChI=1S/C29H23F3N2O5/c30-29(31,32)22-13-7-12-21(17-22)26-23-14-15-24(34(39-23)25(35)16-19-8-3-1-4-9-19)33(26)27(36)28(37)38-18-20-10-5-2-6-11-20/h1-15,17,23-24,26H,16,18H2/t23-,24+,26-/m0/s1. The molecule has 0 aromatic heterocycles. The van der Waals surface area contributed by atoms with Crippen molar-refractivity contribution >= 4 is 17.8 Å². The average Bonchev–Trinajstić information content (AvgIpc) is 2.96. The van der Waals surface area contributed by atoms with E-state index in [1.165, 1.54) is 18.2 Å². The van der Waals surface area contributed by atoms with E-state index < -0.39 is 47.8 Å². The number of esters is 1. The Morgan fingerprint density at radius 2 is 1.51 bits per heavy atom. The van der Waals surface area contributed by atoms with Crippen LogP contribution in [0.25, 0.3) is 0 Å². The Labute approximate surface area is 222 Å². The maximum Gasteiger partial charge on any atom is 0.416 e. The molecule has 3 aromatic rings. The van der Waals surface area contributed by atoms with E-state index >= 15 is 0 Å². The molecule has 3 atom stereocenters. The molecule has 0 saturated carbocycles. The van der Waals surface area contributed by atoms with Crippen molar-refractivity contribution in [2.45, 2.75) is 37.5 Å². The summed E-state index contributed by atoms with van der Waals surface area (Å²) in [6.45, 7) is -0.176. The third-order valence-electron chi connectivity index (χ3n) is 6.47. The van der Waals surface area contributed by atoms with Crippen molar-refractivity contribution in [3.63, 3.8) is 0 Å². The van der Waals surface area contributed by atoms with Gasteiger partial charge in [-0.05, 0) is 34.9 Å². The van der Waals surface area contributed by atoms with Crippen LogP contribution in [0.4, 0.5) is 13.2 Å². The second-order valence-corrected chi connectivity index (χ2v) is 9.09. The van der Waals surface area contributed by atoms with Crippen LogP contribution in [0.1, 0.15) is 28.3 Å². The van der Waals surface area contributed by atoms with E-state index in [1.54, 1.807) is 66.7 Å². The monoisotopic (exact) mass is 536 g/mol. The summed E-state index contributed by atoms with van der Waals surface area (Å²) in [5.41, 5.74) is 0.535. The summed E-state index contributed by atoms with van der Waals surface area (Å²) >= 11 is 0. The molecular weight excluding hydrogens is 513 g/mol. The van der Waals surface area contributed by atoms with Gasteiger partial charge in [-0.3, -0.25) is 19.3 Å². The minimum Gasteiger partial charge on any atom is -0.454 e. The highest BCUT2D eigenvalue weighted by atomic mass is 19.4. The SMILES string of the molecule is O=C(OCc1ccccc1)C(=O)N1[C@@H](c2cccc(C(F)(F)F)c2)[C@@H]2C=C[C@H]1N(C(=O)Cc1ccccc1)O2. The largest absolute Gasteiger partial charge is 0.454 e. The van der Waals surface area contributed by atoms with Gasteiger partial charge in [0, 0.05) is 0 Å². The van der Waals surface area contributed by atoms with Crippen LogP contribution in [0.2, 0.25) is 0 Å². The lowest BCUT2D eigenvalue weighted by Gasteiger charge is -2.51. The van der Waals surface area contributed by atoms with Crippen molar-refractivity contribution in [1.82, 2.24) is 9.96 Å². The van der Waals surface area contributed by atoms with Gasteiger partial charge in [0.1, 0.15) is 12.7 Å². The number of hydroxylamine groups is 2. The van der Waals surface area contributed by atoms with Gasteiger partial charge in [0.25, 0.3) is 5.91 Å². The lowest BCUT2D eigenvalue weighted by atomic mass is 9.92. The fraction of sp³-hybridized carbons (Fsp3) is 0.207. The molecule has 3 heterocycles. The van der Waals surface area contributed by atoms with E-state index in [0.29, 0.717) is 11.1 Å². The number of carbonyl (C=O) groups is 3. The van der Waals surface area contributed by atoms with Gasteiger partial charge in [-0.1, -0.05) is 78.9 Å². The molecule has 2 bridgehead atoms. The minimum absolute atomic E-state index is 0.0490. The van der Waals surface area contributed by atoms with Crippen LogP contribution in [0.3, 0.4) is 0 Å². The number of alkyl halides is 3. The van der Waals surface area contributed by atoms with Crippen LogP contribution < -0.4 is 0 Å². The van der Waals surface area contributed by atoms with E-state index in [4.69, 9.17) is 9.57 Å². The van der Waals surface area contributed by atoms with Crippen molar-refractivity contribution in [1.29, 1.82) is 0 Å². The molecule has 200 valence electrons. The third kappa shape index (κ3) is 5.56. The molecule has 39 heavy (non-hydrogen) atoms. The maximum absolute atomic E-state index is 13.5. The Bertz CT molecular complexity index is 1390. The number of amides is 2. The van der Waals surface area contributed by atoms with Gasteiger partial charge in [0.15, 0.2) is 6.17 Å². The van der Waals surface area contributed by atoms with Crippen molar-refractivity contribution in [3.05, 3.63) is 119 Å². The molecule has 3 aliphatic rings. The summed E-state index contributed by atoms with van der Waals surface area (Å²) in [5, 5.41) is 0.990. The number of carbonyl (C=O) groups excluding carboxylic acids is 3. The Morgan fingerprint density at radius 3 is 2.18 bits per heavy atom. The van der Waals surface area contributed by atoms with E-state index in [2.05, 4.69) is 0 Å². The summed E-state index contributed by atoms with van der Waals surface area (Å²) in [5.74, 6) is -2.79. The number of nitrogens with zero attached hydrogens (tertiary/aromatic N) is 2. The Kier molecular flexibility index (Phi) is 7.21. The van der Waals surface area contributed by atoms with Crippen LogP contribution in [0.5, 0.6) is 0 Å². The number of fused-ring (bicyclic) bond motifs is 2. The van der Waals surface area contributed by atoms with Gasteiger partial charge in [0.2, 0.25) is 0 Å². The quantitative estimate of drug-likeness (QED) is 0.271. The molecule has 1 fully saturated rings. The van der Waals surface area contributed by atoms with E-state index in [0.717, 1.165) is 22.1 Å². The summed E-state index contributed by atoms with van der Waals surface area (Å²) in [4.78, 5) is 46.5. The number of hydrogen-bond acceptors (Lipinski definition) is 5. The summed E-state index contributed by atoms with van der Waals surface area (Å²) in [6, 6.07) is 20.9. The zero-order chi connectivity index (χ0) is 27.6. The Hall–Kier alpha value is -4.44. The fourth-order valence-corrected chi connectivity index (χ4v) is 4.65. The molecule has 0 radical (unpaired) electrons. The lowest BCUT2D eigenvalue weighted by molar-refractivity contribution is -0.275. The third-order valence-corrected chi connectivity index (χ3v) is 6.47. The van der Waals surface area contributed by atoms with Crippen LogP contribution in [-0.4, -0.2) is 40.0 Å². The average molecular weight is 537 g/mol. The molecule has 3 aromatic carbocycles. The Balaban J connectivity index is 1.45. The molecule has 0 aliphatic carbocycles. The normalized spacial score (nSPS) is 20.1. The van der Waals surface area contributed by atoms with Crippen LogP contribution in [0, 0.1) is 0 Å². The molecule has 0 unspecified atom stereocenters. The first-order valence-electron chi connectivity index (χ1n) is 12.1. The van der Waals surface area contributed by atoms with E-state index in [9.17, 15) is 27.6 Å². The topological polar surface area (TPSA) is 76.2 Å². The molecule has 0 N–H and O–H groups in total. The summed E-state index contributed by atoms with van der Waals surface area (Å²) < 4.78 is 45.7. The predicted octanol–water partition coefficient (Wildman–Crippen LogP) is 4.60. The number of benzene rings is 3. The molecule has 1 saturated heterocycles. The van der Waals surface area contributed by atoms with Crippen LogP contribution in [0.15, 0.2) is 97.1 Å². The summed E-state index contributed by atoms with van der Waals surface area (Å²) in [7, 11) is 0. The first-order chi connectivity index (χ1) is 18.7. The van der Waals surface area contributed by atoms with Crippen LogP contribution in [-0.2, 0) is 43.2 Å². The predicted molar refractivity (Wildman–Crippen MR) is 132 cm³/mol. The van der Waals surface area contributed by atoms with Crippen molar-refractivity contribution < 1.29 is 37.1 Å². The van der Waals surface area contributed by atoms with Gasteiger partial charge >= 0.3 is 18.1 Å². The molecule has 3 aliphatic heterocycles. The maximum atomic E-state index is 13.5. The zero-order valence-corrected chi connectivity index (χ0v) is 20.5. The fourth-order valence-electron chi connectivity index (χ4n) is 4.65. The smallest absolute Gasteiger partial charge is 0.416 e. The second-order valence-electron chi connectivity index (χ2n) is 9.09. The van der Waals surface area contributed by atoms with E-state index in [-0.39, 0.29) is 18.6 Å². The highest BCUT2D eigenvalue weighted by molar-refractivity contribution is 6.32. The first-order valence-corrected chi connectivity index (χ1v) is 12.1. The highest BCUT2D eigenvalue weighted by Gasteiger charge is 2.51. The van der Waals surface area contributed by atoms with Gasteiger partial charge in [-0.25, -0.2) is 4.79 Å². The number of hydrogen-bond donors (Lipinski definition) is 0. The highest BCUT2D eigenvalue weighted by Crippen LogP contribution is 2.41. The van der Waals surface area contributed by atoms with E-state index in [1.807, 2.05) is 0 Å². The minimum atomic E-state index is -4.62.